The standard InChI is InChI=1S/C9H7NO4S/c11-7-2-1-3-8(4-7)14-9-5-10-15(12,13)6-9/h1-6,11H. The summed E-state index contributed by atoms with van der Waals surface area (Å²) in [6, 6.07) is 6.05. The Labute approximate surface area is 86.4 Å². The first-order chi connectivity index (χ1) is 7.05. The maximum Gasteiger partial charge on any atom is 0.279 e. The van der Waals surface area contributed by atoms with E-state index in [9.17, 15) is 8.42 Å². The predicted octanol–water partition coefficient (Wildman–Crippen LogP) is 1.03. The molecule has 15 heavy (non-hydrogen) atoms. The molecule has 1 aromatic rings. The number of sulfonamides is 1. The van der Waals surface area contributed by atoms with Gasteiger partial charge < -0.3 is 9.84 Å². The van der Waals surface area contributed by atoms with Crippen LogP contribution < -0.4 is 4.74 Å². The fraction of sp³-hybridized carbons (Fsp3) is 0. The molecule has 0 aliphatic carbocycles. The first-order valence-corrected chi connectivity index (χ1v) is 5.54. The van der Waals surface area contributed by atoms with Gasteiger partial charge in [-0.3, -0.25) is 0 Å². The van der Waals surface area contributed by atoms with E-state index >= 15 is 0 Å². The smallest absolute Gasteiger partial charge is 0.279 e. The maximum atomic E-state index is 10.9. The van der Waals surface area contributed by atoms with Gasteiger partial charge >= 0.3 is 0 Å². The Kier molecular flexibility index (Phi) is 2.20. The molecule has 0 amide bonds. The second kappa shape index (κ2) is 3.39. The largest absolute Gasteiger partial charge is 0.508 e. The zero-order chi connectivity index (χ0) is 10.9. The zero-order valence-corrected chi connectivity index (χ0v) is 8.31. The molecule has 1 aliphatic heterocycles. The number of benzene rings is 1. The molecule has 0 spiro atoms. The van der Waals surface area contributed by atoms with Crippen LogP contribution in [-0.2, 0) is 10.0 Å². The summed E-state index contributed by atoms with van der Waals surface area (Å²) in [4.78, 5) is 0. The summed E-state index contributed by atoms with van der Waals surface area (Å²) in [5.74, 6) is 0.524. The van der Waals surface area contributed by atoms with Gasteiger partial charge in [-0.1, -0.05) is 6.07 Å². The van der Waals surface area contributed by atoms with Gasteiger partial charge in [-0.15, -0.1) is 0 Å². The second-order valence-corrected chi connectivity index (χ2v) is 4.35. The first kappa shape index (κ1) is 9.72. The van der Waals surface area contributed by atoms with Gasteiger partial charge in [0.25, 0.3) is 10.0 Å². The third-order valence-electron chi connectivity index (χ3n) is 1.65. The molecule has 0 bridgehead atoms. The molecule has 78 valence electrons. The highest BCUT2D eigenvalue weighted by molar-refractivity contribution is 7.93. The number of aromatic hydroxyl groups is 1. The van der Waals surface area contributed by atoms with Gasteiger partial charge in [-0.05, 0) is 12.1 Å². The number of hydrogen-bond donors (Lipinski definition) is 1. The molecule has 2 rings (SSSR count). The summed E-state index contributed by atoms with van der Waals surface area (Å²) in [7, 11) is -3.51. The van der Waals surface area contributed by atoms with Crippen molar-refractivity contribution in [3.05, 3.63) is 35.4 Å². The van der Waals surface area contributed by atoms with Gasteiger partial charge in [-0.2, -0.15) is 12.8 Å². The molecule has 5 nitrogen and oxygen atoms in total. The van der Waals surface area contributed by atoms with Crippen LogP contribution in [-0.4, -0.2) is 19.7 Å². The highest BCUT2D eigenvalue weighted by Crippen LogP contribution is 2.21. The Hall–Kier alpha value is -1.82. The summed E-state index contributed by atoms with van der Waals surface area (Å²) in [5.41, 5.74) is 0. The normalized spacial score (nSPS) is 17.5. The molecular weight excluding hydrogens is 218 g/mol. The summed E-state index contributed by atoms with van der Waals surface area (Å²) in [6.07, 6.45) is 1.11. The highest BCUT2D eigenvalue weighted by Gasteiger charge is 2.14. The number of rotatable bonds is 2. The lowest BCUT2D eigenvalue weighted by molar-refractivity contribution is 0.443. The van der Waals surface area contributed by atoms with E-state index in [0.717, 1.165) is 11.6 Å². The van der Waals surface area contributed by atoms with E-state index < -0.39 is 10.0 Å². The Morgan fingerprint density at radius 2 is 2.13 bits per heavy atom. The predicted molar refractivity (Wildman–Crippen MR) is 54.2 cm³/mol. The molecule has 0 atom stereocenters. The van der Waals surface area contributed by atoms with Crippen molar-refractivity contribution in [3.63, 3.8) is 0 Å². The van der Waals surface area contributed by atoms with Crippen LogP contribution in [0, 0.1) is 0 Å². The van der Waals surface area contributed by atoms with E-state index in [1.807, 2.05) is 0 Å². The van der Waals surface area contributed by atoms with E-state index in [2.05, 4.69) is 4.40 Å². The molecular formula is C9H7NO4S. The van der Waals surface area contributed by atoms with Crippen LogP contribution in [0.2, 0.25) is 0 Å². The third-order valence-corrected chi connectivity index (χ3v) is 2.57. The summed E-state index contributed by atoms with van der Waals surface area (Å²) in [6.45, 7) is 0. The van der Waals surface area contributed by atoms with Crippen LogP contribution in [0.4, 0.5) is 0 Å². The molecule has 0 radical (unpaired) electrons. The first-order valence-electron chi connectivity index (χ1n) is 4.04. The van der Waals surface area contributed by atoms with Crippen LogP contribution in [0.3, 0.4) is 0 Å². The van der Waals surface area contributed by atoms with Gasteiger partial charge in [0, 0.05) is 6.07 Å². The second-order valence-electron chi connectivity index (χ2n) is 2.87. The Bertz CT molecular complexity index is 545. The van der Waals surface area contributed by atoms with Gasteiger partial charge in [-0.25, -0.2) is 0 Å². The molecule has 0 fully saturated rings. The summed E-state index contributed by atoms with van der Waals surface area (Å²) >= 11 is 0. The number of nitrogens with zero attached hydrogens (tertiary/aromatic N) is 1. The number of ether oxygens (including phenoxy) is 1. The number of phenols is 1. The van der Waals surface area contributed by atoms with Crippen LogP contribution >= 0.6 is 0 Å². The fourth-order valence-corrected chi connectivity index (χ4v) is 1.78. The van der Waals surface area contributed by atoms with E-state index in [0.29, 0.717) is 5.75 Å². The minimum atomic E-state index is -3.51. The van der Waals surface area contributed by atoms with Gasteiger partial charge in [0.05, 0.1) is 11.6 Å². The zero-order valence-electron chi connectivity index (χ0n) is 7.49. The van der Waals surface area contributed by atoms with Crippen molar-refractivity contribution in [1.29, 1.82) is 0 Å². The van der Waals surface area contributed by atoms with Crippen molar-refractivity contribution < 1.29 is 18.3 Å². The SMILES string of the molecule is O=S1(=O)C=C(Oc2cccc(O)c2)C=N1. The van der Waals surface area contributed by atoms with Crippen molar-refractivity contribution in [1.82, 2.24) is 0 Å². The maximum absolute atomic E-state index is 10.9. The Morgan fingerprint density at radius 3 is 2.73 bits per heavy atom. The van der Waals surface area contributed by atoms with Crippen LogP contribution in [0.25, 0.3) is 0 Å². The van der Waals surface area contributed by atoms with E-state index in [1.54, 1.807) is 12.1 Å². The molecule has 1 N–H and O–H groups in total. The Balaban J connectivity index is 2.22. The number of hydrogen-bond acceptors (Lipinski definition) is 4. The summed E-state index contributed by atoms with van der Waals surface area (Å²) in [5, 5.41) is 10.1. The van der Waals surface area contributed by atoms with Crippen molar-refractivity contribution in [3.8, 4) is 11.5 Å². The average Bonchev–Trinajstić information content (AvgIpc) is 2.45. The lowest BCUT2D eigenvalue weighted by Crippen LogP contribution is -1.93. The lowest BCUT2D eigenvalue weighted by atomic mass is 10.3. The van der Waals surface area contributed by atoms with Crippen LogP contribution in [0.5, 0.6) is 11.5 Å². The molecule has 0 unspecified atom stereocenters. The molecule has 0 aromatic heterocycles. The van der Waals surface area contributed by atoms with Crippen LogP contribution in [0.1, 0.15) is 0 Å². The van der Waals surface area contributed by atoms with Crippen molar-refractivity contribution in [2.45, 2.75) is 0 Å². The van der Waals surface area contributed by atoms with E-state index in [-0.39, 0.29) is 11.5 Å². The molecule has 1 aliphatic rings. The minimum Gasteiger partial charge on any atom is -0.508 e. The quantitative estimate of drug-likeness (QED) is 0.815. The van der Waals surface area contributed by atoms with Crippen molar-refractivity contribution in [2.75, 3.05) is 0 Å². The van der Waals surface area contributed by atoms with Crippen molar-refractivity contribution >= 4 is 16.2 Å². The minimum absolute atomic E-state index is 0.0471. The molecule has 0 saturated carbocycles. The van der Waals surface area contributed by atoms with Gasteiger partial charge in [0.15, 0.2) is 5.76 Å². The van der Waals surface area contributed by atoms with Crippen molar-refractivity contribution in [2.24, 2.45) is 4.40 Å². The van der Waals surface area contributed by atoms with Gasteiger partial charge in [0.1, 0.15) is 11.5 Å². The highest BCUT2D eigenvalue weighted by atomic mass is 32.2. The number of phenolic OH excluding ortho intramolecular Hbond substituents is 1. The molecule has 1 aromatic carbocycles. The number of allylic oxidation sites excluding steroid dienone is 1. The summed E-state index contributed by atoms with van der Waals surface area (Å²) < 4.78 is 30.2. The third kappa shape index (κ3) is 2.35. The van der Waals surface area contributed by atoms with E-state index in [1.165, 1.54) is 12.1 Å². The fourth-order valence-electron chi connectivity index (χ4n) is 1.07. The molecule has 1 heterocycles. The molecule has 0 saturated heterocycles. The average molecular weight is 225 g/mol. The lowest BCUT2D eigenvalue weighted by Gasteiger charge is -2.02. The topological polar surface area (TPSA) is 76.0 Å². The Morgan fingerprint density at radius 1 is 1.33 bits per heavy atom. The van der Waals surface area contributed by atoms with Gasteiger partial charge in [0.2, 0.25) is 0 Å². The molecule has 6 heteroatoms. The van der Waals surface area contributed by atoms with Crippen LogP contribution in [0.15, 0.2) is 39.8 Å². The van der Waals surface area contributed by atoms with E-state index in [4.69, 9.17) is 9.84 Å². The monoisotopic (exact) mass is 225 g/mol.